The maximum absolute atomic E-state index is 11.1. The minimum absolute atomic E-state index is 0.0539. The second-order valence-corrected chi connectivity index (χ2v) is 5.24. The van der Waals surface area contributed by atoms with Crippen molar-refractivity contribution in [2.45, 2.75) is 26.4 Å². The molecular weight excluding hydrogens is 290 g/mol. The summed E-state index contributed by atoms with van der Waals surface area (Å²) in [6.07, 6.45) is 1.91. The van der Waals surface area contributed by atoms with E-state index in [9.17, 15) is 10.1 Å². The quantitative estimate of drug-likeness (QED) is 0.653. The van der Waals surface area contributed by atoms with Gasteiger partial charge in [-0.3, -0.25) is 10.1 Å². The molecule has 1 aromatic carbocycles. The summed E-state index contributed by atoms with van der Waals surface area (Å²) in [6, 6.07) is 8.88. The Hall–Kier alpha value is -1.85. The van der Waals surface area contributed by atoms with E-state index in [1.165, 1.54) is 6.07 Å². The zero-order valence-corrected chi connectivity index (χ0v) is 12.8. The van der Waals surface area contributed by atoms with Gasteiger partial charge in [0.25, 0.3) is 5.69 Å². The number of hydrogen-bond donors (Lipinski definition) is 1. The minimum Gasteiger partial charge on any atom is -0.345 e. The van der Waals surface area contributed by atoms with Gasteiger partial charge < -0.3 is 9.88 Å². The van der Waals surface area contributed by atoms with Crippen molar-refractivity contribution < 1.29 is 4.92 Å². The lowest BCUT2D eigenvalue weighted by molar-refractivity contribution is -0.385. The lowest BCUT2D eigenvalue weighted by Crippen LogP contribution is -2.21. The Morgan fingerprint density at radius 3 is 2.81 bits per heavy atom. The van der Waals surface area contributed by atoms with E-state index in [-0.39, 0.29) is 11.7 Å². The summed E-state index contributed by atoms with van der Waals surface area (Å²) in [5.41, 5.74) is 1.66. The lowest BCUT2D eigenvalue weighted by Gasteiger charge is -2.17. The first-order valence-electron chi connectivity index (χ1n) is 6.84. The molecule has 1 N–H and O–H groups in total. The van der Waals surface area contributed by atoms with E-state index in [0.29, 0.717) is 17.1 Å². The van der Waals surface area contributed by atoms with Crippen molar-refractivity contribution in [2.24, 2.45) is 0 Å². The lowest BCUT2D eigenvalue weighted by atomic mass is 10.1. The Morgan fingerprint density at radius 2 is 2.14 bits per heavy atom. The molecule has 0 saturated heterocycles. The van der Waals surface area contributed by atoms with Crippen LogP contribution in [0.1, 0.15) is 31.1 Å². The summed E-state index contributed by atoms with van der Waals surface area (Å²) in [5.74, 6) is 0. The summed E-state index contributed by atoms with van der Waals surface area (Å²) in [5, 5.41) is 14.9. The first-order chi connectivity index (χ1) is 10.0. The van der Waals surface area contributed by atoms with E-state index in [1.54, 1.807) is 12.1 Å². The molecule has 112 valence electrons. The van der Waals surface area contributed by atoms with Gasteiger partial charge in [0.05, 0.1) is 22.1 Å². The molecule has 0 aliphatic rings. The predicted octanol–water partition coefficient (Wildman–Crippen LogP) is 3.77. The smallest absolute Gasteiger partial charge is 0.275 e. The van der Waals surface area contributed by atoms with E-state index in [1.807, 2.05) is 29.8 Å². The topological polar surface area (TPSA) is 60.1 Å². The molecule has 1 aromatic heterocycles. The third-order valence-corrected chi connectivity index (χ3v) is 3.79. The molecule has 1 unspecified atom stereocenters. The van der Waals surface area contributed by atoms with Crippen LogP contribution in [0.15, 0.2) is 36.5 Å². The average Bonchev–Trinajstić information content (AvgIpc) is 2.89. The van der Waals surface area contributed by atoms with Crippen molar-refractivity contribution in [3.63, 3.8) is 0 Å². The van der Waals surface area contributed by atoms with Gasteiger partial charge in [-0.2, -0.15) is 0 Å². The van der Waals surface area contributed by atoms with Crippen LogP contribution >= 0.6 is 11.6 Å². The van der Waals surface area contributed by atoms with Crippen molar-refractivity contribution in [3.05, 3.63) is 62.9 Å². The van der Waals surface area contributed by atoms with Crippen LogP contribution in [0.25, 0.3) is 0 Å². The maximum Gasteiger partial charge on any atom is 0.275 e. The molecule has 0 radical (unpaired) electrons. The molecule has 5 nitrogen and oxygen atoms in total. The molecule has 2 rings (SSSR count). The average molecular weight is 308 g/mol. The van der Waals surface area contributed by atoms with Gasteiger partial charge in [-0.15, -0.1) is 0 Å². The van der Waals surface area contributed by atoms with Gasteiger partial charge >= 0.3 is 0 Å². The molecular formula is C15H18ClN3O2. The van der Waals surface area contributed by atoms with Crippen LogP contribution in [0.2, 0.25) is 5.02 Å². The van der Waals surface area contributed by atoms with E-state index in [0.717, 1.165) is 12.2 Å². The van der Waals surface area contributed by atoms with E-state index >= 15 is 0 Å². The first kappa shape index (κ1) is 15.5. The largest absolute Gasteiger partial charge is 0.345 e. The molecule has 21 heavy (non-hydrogen) atoms. The molecule has 0 aliphatic heterocycles. The number of halogens is 1. The zero-order chi connectivity index (χ0) is 15.4. The molecule has 0 spiro atoms. The first-order valence-corrected chi connectivity index (χ1v) is 7.22. The zero-order valence-electron chi connectivity index (χ0n) is 12.0. The number of hydrogen-bond acceptors (Lipinski definition) is 3. The Labute approximate surface area is 128 Å². The van der Waals surface area contributed by atoms with Crippen LogP contribution < -0.4 is 5.32 Å². The van der Waals surface area contributed by atoms with Crippen molar-refractivity contribution in [1.29, 1.82) is 0 Å². The van der Waals surface area contributed by atoms with Crippen LogP contribution in [0.5, 0.6) is 0 Å². The Morgan fingerprint density at radius 1 is 1.38 bits per heavy atom. The SMILES string of the molecule is CCNC(C)c1cccn1Cc1c(Cl)cccc1[N+](=O)[O-]. The summed E-state index contributed by atoms with van der Waals surface area (Å²) >= 11 is 6.15. The minimum atomic E-state index is -0.391. The number of benzene rings is 1. The van der Waals surface area contributed by atoms with Crippen LogP contribution in [0.3, 0.4) is 0 Å². The summed E-state index contributed by atoms with van der Waals surface area (Å²) in [7, 11) is 0. The number of rotatable bonds is 6. The number of nitrogens with one attached hydrogen (secondary N) is 1. The summed E-state index contributed by atoms with van der Waals surface area (Å²) in [6.45, 7) is 5.35. The number of nitrogens with zero attached hydrogens (tertiary/aromatic N) is 2. The fourth-order valence-electron chi connectivity index (χ4n) is 2.42. The van der Waals surface area contributed by atoms with Crippen LogP contribution in [-0.2, 0) is 6.54 Å². The Kier molecular flexibility index (Phi) is 4.98. The molecule has 1 atom stereocenters. The van der Waals surface area contributed by atoms with Gasteiger partial charge in [0.2, 0.25) is 0 Å². The molecule has 6 heteroatoms. The standard InChI is InChI=1S/C15H18ClN3O2/c1-3-17-11(2)14-8-5-9-18(14)10-12-13(16)6-4-7-15(12)19(20)21/h4-9,11,17H,3,10H2,1-2H3. The molecule has 0 aliphatic carbocycles. The van der Waals surface area contributed by atoms with Crippen molar-refractivity contribution >= 4 is 17.3 Å². The number of aromatic nitrogens is 1. The Balaban J connectivity index is 2.36. The highest BCUT2D eigenvalue weighted by molar-refractivity contribution is 6.31. The van der Waals surface area contributed by atoms with Gasteiger partial charge in [-0.1, -0.05) is 24.6 Å². The summed E-state index contributed by atoms with van der Waals surface area (Å²) < 4.78 is 1.99. The normalized spacial score (nSPS) is 12.3. The highest BCUT2D eigenvalue weighted by atomic mass is 35.5. The van der Waals surface area contributed by atoms with Crippen LogP contribution in [-0.4, -0.2) is 16.0 Å². The molecule has 0 saturated carbocycles. The van der Waals surface area contributed by atoms with E-state index < -0.39 is 4.92 Å². The van der Waals surface area contributed by atoms with Gasteiger partial charge in [-0.05, 0) is 31.7 Å². The van der Waals surface area contributed by atoms with Crippen molar-refractivity contribution in [2.75, 3.05) is 6.54 Å². The molecule has 0 bridgehead atoms. The maximum atomic E-state index is 11.1. The summed E-state index contributed by atoms with van der Waals surface area (Å²) in [4.78, 5) is 10.8. The van der Waals surface area contributed by atoms with Crippen molar-refractivity contribution in [1.82, 2.24) is 9.88 Å². The van der Waals surface area contributed by atoms with Crippen molar-refractivity contribution in [3.8, 4) is 0 Å². The Bertz CT molecular complexity index is 640. The molecule has 1 heterocycles. The highest BCUT2D eigenvalue weighted by Crippen LogP contribution is 2.28. The second-order valence-electron chi connectivity index (χ2n) is 4.83. The van der Waals surface area contributed by atoms with Gasteiger partial charge in [0, 0.05) is 24.0 Å². The third-order valence-electron chi connectivity index (χ3n) is 3.44. The van der Waals surface area contributed by atoms with Gasteiger partial charge in [0.15, 0.2) is 0 Å². The predicted molar refractivity (Wildman–Crippen MR) is 83.7 cm³/mol. The van der Waals surface area contributed by atoms with Crippen LogP contribution in [0.4, 0.5) is 5.69 Å². The fraction of sp³-hybridized carbons (Fsp3) is 0.333. The monoisotopic (exact) mass is 307 g/mol. The highest BCUT2D eigenvalue weighted by Gasteiger charge is 2.18. The third kappa shape index (κ3) is 3.43. The molecule has 2 aromatic rings. The molecule has 0 amide bonds. The number of nitro benzene ring substituents is 1. The van der Waals surface area contributed by atoms with Gasteiger partial charge in [-0.25, -0.2) is 0 Å². The number of nitro groups is 1. The molecule has 0 fully saturated rings. The van der Waals surface area contributed by atoms with Gasteiger partial charge in [0.1, 0.15) is 0 Å². The fourth-order valence-corrected chi connectivity index (χ4v) is 2.65. The van der Waals surface area contributed by atoms with E-state index in [2.05, 4.69) is 12.2 Å². The van der Waals surface area contributed by atoms with Crippen LogP contribution in [0, 0.1) is 10.1 Å². The second kappa shape index (κ2) is 6.74. The van der Waals surface area contributed by atoms with E-state index in [4.69, 9.17) is 11.6 Å².